The van der Waals surface area contributed by atoms with Crippen LogP contribution in [0.2, 0.25) is 0 Å². The first kappa shape index (κ1) is 10.8. The van der Waals surface area contributed by atoms with E-state index in [0.717, 1.165) is 0 Å². The van der Waals surface area contributed by atoms with Gasteiger partial charge in [-0.1, -0.05) is 0 Å². The second-order valence-electron chi connectivity index (χ2n) is 2.25. The van der Waals surface area contributed by atoms with Crippen LogP contribution in [-0.2, 0) is 0 Å². The van der Waals surface area contributed by atoms with Crippen LogP contribution in [0.1, 0.15) is 5.56 Å². The third-order valence-corrected chi connectivity index (χ3v) is 1.63. The topological polar surface area (TPSA) is 20.2 Å². The van der Waals surface area contributed by atoms with Crippen molar-refractivity contribution in [1.29, 1.82) is 0 Å². The van der Waals surface area contributed by atoms with Gasteiger partial charge in [0.1, 0.15) is 5.56 Å². The Balaban J connectivity index is 3.68. The lowest BCUT2D eigenvalue weighted by Gasteiger charge is -2.04. The molecule has 1 aromatic rings. The predicted molar refractivity (Wildman–Crippen MR) is 40.6 cm³/mol. The average Bonchev–Trinajstić information content (AvgIpc) is 2.11. The minimum absolute atomic E-state index is 1.39. The van der Waals surface area contributed by atoms with E-state index in [1.165, 1.54) is 0 Å². The third kappa shape index (κ3) is 1.43. The SMILES string of the molecule is OC(=S)c1c(F)c(F)c(F)c(F)c1F. The van der Waals surface area contributed by atoms with Crippen molar-refractivity contribution in [3.63, 3.8) is 0 Å². The van der Waals surface area contributed by atoms with Crippen LogP contribution >= 0.6 is 12.2 Å². The highest BCUT2D eigenvalue weighted by molar-refractivity contribution is 7.80. The first-order valence-electron chi connectivity index (χ1n) is 3.12. The molecule has 14 heavy (non-hydrogen) atoms. The van der Waals surface area contributed by atoms with Gasteiger partial charge in [-0.05, 0) is 12.2 Å². The highest BCUT2D eigenvalue weighted by Crippen LogP contribution is 2.22. The fourth-order valence-corrected chi connectivity index (χ4v) is 0.972. The Morgan fingerprint density at radius 3 is 1.36 bits per heavy atom. The van der Waals surface area contributed by atoms with Gasteiger partial charge in [0.2, 0.25) is 5.82 Å². The summed E-state index contributed by atoms with van der Waals surface area (Å²) in [5, 5.41) is 7.13. The molecule has 7 heteroatoms. The number of aliphatic hydroxyl groups is 1. The molecule has 1 N–H and O–H groups in total. The standard InChI is InChI=1S/C7HF5OS/c8-2-1(7(13)14)3(9)5(11)6(12)4(2)10/h(H,13,14). The Kier molecular flexibility index (Phi) is 2.70. The Morgan fingerprint density at radius 2 is 1.07 bits per heavy atom. The van der Waals surface area contributed by atoms with Crippen LogP contribution in [0, 0.1) is 29.1 Å². The predicted octanol–water partition coefficient (Wildman–Crippen LogP) is 2.62. The molecule has 0 aliphatic rings. The summed E-state index contributed by atoms with van der Waals surface area (Å²) in [5.41, 5.74) is -1.49. The number of hydrogen-bond donors (Lipinski definition) is 1. The molecule has 0 fully saturated rings. The van der Waals surface area contributed by atoms with Crippen molar-refractivity contribution < 1.29 is 27.1 Å². The van der Waals surface area contributed by atoms with E-state index in [9.17, 15) is 22.0 Å². The smallest absolute Gasteiger partial charge is 0.200 e. The molecule has 0 radical (unpaired) electrons. The summed E-state index contributed by atoms with van der Waals surface area (Å²) >= 11 is 3.92. The Bertz CT molecular complexity index is 388. The number of halogens is 5. The minimum Gasteiger partial charge on any atom is -0.498 e. The van der Waals surface area contributed by atoms with Crippen molar-refractivity contribution in [2.75, 3.05) is 0 Å². The molecule has 1 nitrogen and oxygen atoms in total. The molecule has 0 saturated heterocycles. The van der Waals surface area contributed by atoms with Crippen molar-refractivity contribution in [3.8, 4) is 0 Å². The van der Waals surface area contributed by atoms with Crippen LogP contribution < -0.4 is 0 Å². The van der Waals surface area contributed by atoms with E-state index in [4.69, 9.17) is 5.11 Å². The zero-order valence-corrected chi connectivity index (χ0v) is 7.06. The van der Waals surface area contributed by atoms with Crippen molar-refractivity contribution in [1.82, 2.24) is 0 Å². The van der Waals surface area contributed by atoms with Crippen molar-refractivity contribution in [2.24, 2.45) is 0 Å². The van der Waals surface area contributed by atoms with E-state index in [-0.39, 0.29) is 0 Å². The van der Waals surface area contributed by atoms with Gasteiger partial charge in [-0.25, -0.2) is 22.0 Å². The number of benzene rings is 1. The van der Waals surface area contributed by atoms with Gasteiger partial charge in [-0.2, -0.15) is 0 Å². The van der Waals surface area contributed by atoms with E-state index in [2.05, 4.69) is 12.2 Å². The number of hydrogen-bond acceptors (Lipinski definition) is 1. The summed E-state index contributed by atoms with van der Waals surface area (Å²) in [5.74, 6) is -10.9. The van der Waals surface area contributed by atoms with E-state index in [1.54, 1.807) is 0 Å². The zero-order chi connectivity index (χ0) is 11.0. The minimum atomic E-state index is -2.29. The van der Waals surface area contributed by atoms with Gasteiger partial charge >= 0.3 is 0 Å². The van der Waals surface area contributed by atoms with Gasteiger partial charge in [0, 0.05) is 0 Å². The number of rotatable bonds is 1. The molecule has 1 aromatic carbocycles. The molecule has 0 unspecified atom stereocenters. The van der Waals surface area contributed by atoms with Crippen LogP contribution in [-0.4, -0.2) is 10.2 Å². The summed E-state index contributed by atoms with van der Waals surface area (Å²) in [6.45, 7) is 0. The normalized spacial score (nSPS) is 10.4. The monoisotopic (exact) mass is 228 g/mol. The summed E-state index contributed by atoms with van der Waals surface area (Å²) < 4.78 is 62.6. The number of aliphatic hydroxyl groups excluding tert-OH is 1. The summed E-state index contributed by atoms with van der Waals surface area (Å²) in [7, 11) is 0. The van der Waals surface area contributed by atoms with Crippen LogP contribution in [0.3, 0.4) is 0 Å². The van der Waals surface area contributed by atoms with Crippen molar-refractivity contribution in [2.45, 2.75) is 0 Å². The molecular weight excluding hydrogens is 227 g/mol. The van der Waals surface area contributed by atoms with Crippen molar-refractivity contribution >= 4 is 17.3 Å². The fourth-order valence-electron chi connectivity index (χ4n) is 0.793. The molecule has 0 spiro atoms. The first-order valence-corrected chi connectivity index (χ1v) is 3.53. The molecule has 0 aromatic heterocycles. The lowest BCUT2D eigenvalue weighted by molar-refractivity contribution is 0.374. The van der Waals surface area contributed by atoms with Crippen LogP contribution in [0.25, 0.3) is 0 Å². The lowest BCUT2D eigenvalue weighted by atomic mass is 10.2. The van der Waals surface area contributed by atoms with Gasteiger partial charge in [-0.3, -0.25) is 0 Å². The van der Waals surface area contributed by atoms with Gasteiger partial charge in [0.25, 0.3) is 0 Å². The molecule has 76 valence electrons. The van der Waals surface area contributed by atoms with E-state index in [0.29, 0.717) is 0 Å². The summed E-state index contributed by atoms with van der Waals surface area (Å²) in [6, 6.07) is 0. The molecular formula is C7HF5OS. The second-order valence-corrected chi connectivity index (χ2v) is 2.64. The Hall–Kier alpha value is -1.24. The van der Waals surface area contributed by atoms with Gasteiger partial charge in [-0.15, -0.1) is 0 Å². The molecule has 0 saturated carbocycles. The van der Waals surface area contributed by atoms with Crippen LogP contribution in [0.5, 0.6) is 0 Å². The second kappa shape index (κ2) is 3.49. The van der Waals surface area contributed by atoms with Crippen LogP contribution in [0.4, 0.5) is 22.0 Å². The average molecular weight is 228 g/mol. The highest BCUT2D eigenvalue weighted by atomic mass is 32.1. The van der Waals surface area contributed by atoms with E-state index >= 15 is 0 Å². The highest BCUT2D eigenvalue weighted by Gasteiger charge is 2.27. The largest absolute Gasteiger partial charge is 0.498 e. The molecule has 0 amide bonds. The lowest BCUT2D eigenvalue weighted by Crippen LogP contribution is -2.11. The number of thiocarbonyl (C=S) groups is 1. The fraction of sp³-hybridized carbons (Fsp3) is 0. The zero-order valence-electron chi connectivity index (χ0n) is 6.25. The van der Waals surface area contributed by atoms with Crippen molar-refractivity contribution in [3.05, 3.63) is 34.6 Å². The molecule has 0 aliphatic heterocycles. The Labute approximate surface area is 79.8 Å². The van der Waals surface area contributed by atoms with Gasteiger partial charge in [0.15, 0.2) is 28.3 Å². The molecule has 1 rings (SSSR count). The third-order valence-electron chi connectivity index (χ3n) is 1.42. The maximum atomic E-state index is 12.7. The van der Waals surface area contributed by atoms with Crippen LogP contribution in [0.15, 0.2) is 0 Å². The molecule has 0 aliphatic carbocycles. The summed E-state index contributed by atoms with van der Waals surface area (Å²) in [6.07, 6.45) is 0. The maximum absolute atomic E-state index is 12.7. The first-order chi connectivity index (χ1) is 6.37. The van der Waals surface area contributed by atoms with E-state index in [1.807, 2.05) is 0 Å². The maximum Gasteiger partial charge on any atom is 0.200 e. The molecule has 0 bridgehead atoms. The quantitative estimate of drug-likeness (QED) is 0.345. The van der Waals surface area contributed by atoms with Gasteiger partial charge in [0.05, 0.1) is 0 Å². The summed E-state index contributed by atoms with van der Waals surface area (Å²) in [4.78, 5) is 0. The molecule has 0 heterocycles. The van der Waals surface area contributed by atoms with Gasteiger partial charge < -0.3 is 5.11 Å². The van der Waals surface area contributed by atoms with E-state index < -0.39 is 39.7 Å². The molecule has 0 atom stereocenters. The Morgan fingerprint density at radius 1 is 0.786 bits per heavy atom.